The third kappa shape index (κ3) is 6.09. The Morgan fingerprint density at radius 1 is 1.04 bits per heavy atom. The highest BCUT2D eigenvalue weighted by Crippen LogP contribution is 2.28. The summed E-state index contributed by atoms with van der Waals surface area (Å²) in [4.78, 5) is 24.4. The van der Waals surface area contributed by atoms with E-state index in [-0.39, 0.29) is 37.7 Å². The minimum Gasteiger partial charge on any atom is -0.354 e. The maximum atomic E-state index is 12.5. The second-order valence-electron chi connectivity index (χ2n) is 7.33. The molecule has 1 aliphatic heterocycles. The Bertz CT molecular complexity index is 571. The van der Waals surface area contributed by atoms with Gasteiger partial charge in [0.1, 0.15) is 0 Å². The van der Waals surface area contributed by atoms with Gasteiger partial charge in [-0.15, -0.1) is 12.4 Å². The minimum absolute atomic E-state index is 0. The van der Waals surface area contributed by atoms with Crippen molar-refractivity contribution in [3.8, 4) is 0 Å². The Labute approximate surface area is 162 Å². The van der Waals surface area contributed by atoms with Crippen LogP contribution in [0.15, 0.2) is 0 Å². The second kappa shape index (κ2) is 10.5. The summed E-state index contributed by atoms with van der Waals surface area (Å²) >= 11 is 0. The lowest BCUT2D eigenvalue weighted by Gasteiger charge is -2.34. The van der Waals surface area contributed by atoms with Gasteiger partial charge in [-0.3, -0.25) is 9.59 Å². The van der Waals surface area contributed by atoms with Gasteiger partial charge in [0.15, 0.2) is 14.6 Å². The van der Waals surface area contributed by atoms with Gasteiger partial charge >= 0.3 is 0 Å². The zero-order valence-corrected chi connectivity index (χ0v) is 17.1. The van der Waals surface area contributed by atoms with E-state index < -0.39 is 20.5 Å². The van der Waals surface area contributed by atoms with Gasteiger partial charge in [0.2, 0.25) is 11.8 Å². The van der Waals surface area contributed by atoms with Crippen LogP contribution in [0.4, 0.5) is 0 Å². The average molecular weight is 410 g/mol. The molecule has 2 amide bonds. The third-order valence-corrected chi connectivity index (χ3v) is 7.48. The number of nitrogens with one attached hydrogen (secondary N) is 3. The molecule has 0 aromatic rings. The number of sulfone groups is 1. The molecule has 0 bridgehead atoms. The highest BCUT2D eigenvalue weighted by Gasteiger charge is 2.48. The van der Waals surface area contributed by atoms with Crippen molar-refractivity contribution in [2.45, 2.75) is 56.1 Å². The zero-order chi connectivity index (χ0) is 18.3. The lowest BCUT2D eigenvalue weighted by Crippen LogP contribution is -2.57. The molecule has 0 spiro atoms. The Morgan fingerprint density at radius 2 is 1.62 bits per heavy atom. The molecule has 0 atom stereocenters. The van der Waals surface area contributed by atoms with E-state index in [0.717, 1.165) is 19.1 Å². The Morgan fingerprint density at radius 3 is 2.19 bits per heavy atom. The predicted molar refractivity (Wildman–Crippen MR) is 104 cm³/mol. The molecule has 0 aromatic carbocycles. The summed E-state index contributed by atoms with van der Waals surface area (Å²) < 4.78 is 23.0. The molecule has 26 heavy (non-hydrogen) atoms. The van der Waals surface area contributed by atoms with Crippen LogP contribution in [0.2, 0.25) is 0 Å². The quantitative estimate of drug-likeness (QED) is 0.539. The fraction of sp³-hybridized carbons (Fsp3) is 0.882. The Balaban J connectivity index is 0.00000338. The summed E-state index contributed by atoms with van der Waals surface area (Å²) in [6.07, 6.45) is 8.16. The van der Waals surface area contributed by atoms with Gasteiger partial charge in [0, 0.05) is 25.8 Å². The van der Waals surface area contributed by atoms with Crippen LogP contribution in [-0.2, 0) is 19.4 Å². The smallest absolute Gasteiger partial charge is 0.241 e. The predicted octanol–water partition coefficient (Wildman–Crippen LogP) is 0.778. The molecule has 2 rings (SSSR count). The maximum absolute atomic E-state index is 12.5. The van der Waals surface area contributed by atoms with Crippen LogP contribution in [0.1, 0.15) is 51.4 Å². The minimum atomic E-state index is -3.50. The number of hydrogen-bond acceptors (Lipinski definition) is 5. The Hall–Kier alpha value is -0.860. The second-order valence-corrected chi connectivity index (χ2v) is 9.66. The van der Waals surface area contributed by atoms with Gasteiger partial charge in [-0.25, -0.2) is 8.42 Å². The van der Waals surface area contributed by atoms with Crippen molar-refractivity contribution < 1.29 is 18.0 Å². The molecule has 1 heterocycles. The number of carbonyl (C=O) groups is 2. The van der Waals surface area contributed by atoms with E-state index in [0.29, 0.717) is 32.0 Å². The summed E-state index contributed by atoms with van der Waals surface area (Å²) in [6.45, 7) is 1.60. The van der Waals surface area contributed by atoms with E-state index in [1.807, 2.05) is 0 Å². The van der Waals surface area contributed by atoms with Crippen molar-refractivity contribution >= 4 is 34.1 Å². The molecule has 1 saturated carbocycles. The summed E-state index contributed by atoms with van der Waals surface area (Å²) in [5.74, 6) is 0.0467. The van der Waals surface area contributed by atoms with Crippen molar-refractivity contribution in [2.24, 2.45) is 5.92 Å². The summed E-state index contributed by atoms with van der Waals surface area (Å²) in [6, 6.07) is 0. The SMILES string of the molecule is CS(=O)(=O)C1(C(=O)NCCNC(=O)CC2CCCCC2)CCNCC1.Cl. The summed E-state index contributed by atoms with van der Waals surface area (Å²) in [5, 5.41) is 8.61. The highest BCUT2D eigenvalue weighted by atomic mass is 35.5. The normalized spacial score (nSPS) is 20.7. The first-order valence-corrected chi connectivity index (χ1v) is 11.2. The van der Waals surface area contributed by atoms with Crippen LogP contribution >= 0.6 is 12.4 Å². The molecule has 1 aliphatic carbocycles. The lowest BCUT2D eigenvalue weighted by atomic mass is 9.87. The summed E-state index contributed by atoms with van der Waals surface area (Å²) in [7, 11) is -3.50. The number of carbonyl (C=O) groups excluding carboxylic acids is 2. The van der Waals surface area contributed by atoms with E-state index >= 15 is 0 Å². The van der Waals surface area contributed by atoms with Gasteiger partial charge in [-0.05, 0) is 44.7 Å². The molecule has 9 heteroatoms. The monoisotopic (exact) mass is 409 g/mol. The topological polar surface area (TPSA) is 104 Å². The van der Waals surface area contributed by atoms with Crippen molar-refractivity contribution in [3.05, 3.63) is 0 Å². The molecular formula is C17H32ClN3O4S. The number of rotatable bonds is 7. The molecule has 3 N–H and O–H groups in total. The van der Waals surface area contributed by atoms with Gasteiger partial charge in [-0.2, -0.15) is 0 Å². The van der Waals surface area contributed by atoms with Gasteiger partial charge in [0.25, 0.3) is 0 Å². The van der Waals surface area contributed by atoms with Crippen LogP contribution in [0.5, 0.6) is 0 Å². The molecule has 7 nitrogen and oxygen atoms in total. The zero-order valence-electron chi connectivity index (χ0n) is 15.5. The summed E-state index contributed by atoms with van der Waals surface area (Å²) in [5.41, 5.74) is 0. The lowest BCUT2D eigenvalue weighted by molar-refractivity contribution is -0.125. The van der Waals surface area contributed by atoms with Gasteiger partial charge in [-0.1, -0.05) is 19.3 Å². The Kier molecular flexibility index (Phi) is 9.33. The molecule has 2 aliphatic rings. The fourth-order valence-electron chi connectivity index (χ4n) is 3.86. The number of amides is 2. The molecule has 0 radical (unpaired) electrons. The number of hydrogen-bond donors (Lipinski definition) is 3. The van der Waals surface area contributed by atoms with Crippen LogP contribution in [0, 0.1) is 5.92 Å². The van der Waals surface area contributed by atoms with Crippen LogP contribution in [0.3, 0.4) is 0 Å². The van der Waals surface area contributed by atoms with Crippen LogP contribution < -0.4 is 16.0 Å². The fourth-order valence-corrected chi connectivity index (χ4v) is 5.22. The van der Waals surface area contributed by atoms with E-state index in [9.17, 15) is 18.0 Å². The van der Waals surface area contributed by atoms with Gasteiger partial charge in [0.05, 0.1) is 0 Å². The molecule has 2 fully saturated rings. The van der Waals surface area contributed by atoms with Gasteiger partial charge < -0.3 is 16.0 Å². The first-order valence-electron chi connectivity index (χ1n) is 9.30. The first kappa shape index (κ1) is 23.2. The standard InChI is InChI=1S/C17H31N3O4S.ClH/c1-25(23,24)17(7-9-18-10-8-17)16(22)20-12-11-19-15(21)13-14-5-3-2-4-6-14;/h14,18H,2-13H2,1H3,(H,19,21)(H,20,22);1H. The van der Waals surface area contributed by atoms with Crippen molar-refractivity contribution in [1.29, 1.82) is 0 Å². The number of halogens is 1. The average Bonchev–Trinajstić information content (AvgIpc) is 2.59. The molecule has 0 aromatic heterocycles. The number of piperidine rings is 1. The van der Waals surface area contributed by atoms with E-state index in [1.165, 1.54) is 19.3 Å². The highest BCUT2D eigenvalue weighted by molar-refractivity contribution is 7.92. The molecular weight excluding hydrogens is 378 g/mol. The largest absolute Gasteiger partial charge is 0.354 e. The van der Waals surface area contributed by atoms with Crippen molar-refractivity contribution in [1.82, 2.24) is 16.0 Å². The van der Waals surface area contributed by atoms with Crippen LogP contribution in [-0.4, -0.2) is 57.4 Å². The van der Waals surface area contributed by atoms with Crippen molar-refractivity contribution in [2.75, 3.05) is 32.4 Å². The maximum Gasteiger partial charge on any atom is 0.241 e. The first-order chi connectivity index (χ1) is 11.8. The van der Waals surface area contributed by atoms with E-state index in [1.54, 1.807) is 0 Å². The van der Waals surface area contributed by atoms with Crippen LogP contribution in [0.25, 0.3) is 0 Å². The third-order valence-electron chi connectivity index (χ3n) is 5.47. The van der Waals surface area contributed by atoms with Crippen molar-refractivity contribution in [3.63, 3.8) is 0 Å². The molecule has 152 valence electrons. The molecule has 0 unspecified atom stereocenters. The van der Waals surface area contributed by atoms with E-state index in [4.69, 9.17) is 0 Å². The van der Waals surface area contributed by atoms with E-state index in [2.05, 4.69) is 16.0 Å². The molecule has 1 saturated heterocycles.